The zero-order chi connectivity index (χ0) is 14.7. The van der Waals surface area contributed by atoms with E-state index in [0.29, 0.717) is 11.1 Å². The molecule has 2 unspecified atom stereocenters. The number of furan rings is 1. The van der Waals surface area contributed by atoms with Crippen LogP contribution in [-0.4, -0.2) is 13.2 Å². The molecule has 0 amide bonds. The van der Waals surface area contributed by atoms with Crippen molar-refractivity contribution in [3.63, 3.8) is 0 Å². The minimum absolute atomic E-state index is 0.206. The lowest BCUT2D eigenvalue weighted by Gasteiger charge is -2.29. The zero-order valence-electron chi connectivity index (χ0n) is 12.1. The van der Waals surface area contributed by atoms with Gasteiger partial charge in [0.05, 0.1) is 12.9 Å². The Labute approximate surface area is 130 Å². The molecule has 1 aromatic carbocycles. The standard InChI is InChI=1S/C17H20ClNO2/c1-2-19-15(14-8-10-21-17(14)18)11-12-7-9-20-16-6-4-3-5-13(12)16/h3-6,8,10,12,15,19H,2,7,9,11H2,1H3. The molecule has 2 atom stereocenters. The van der Waals surface area contributed by atoms with E-state index in [2.05, 4.69) is 30.4 Å². The number of hydrogen-bond donors (Lipinski definition) is 1. The Balaban J connectivity index is 1.83. The number of halogens is 1. The van der Waals surface area contributed by atoms with Crippen LogP contribution < -0.4 is 10.1 Å². The lowest BCUT2D eigenvalue weighted by atomic mass is 9.86. The van der Waals surface area contributed by atoms with Gasteiger partial charge in [0.25, 0.3) is 0 Å². The Morgan fingerprint density at radius 3 is 2.95 bits per heavy atom. The normalized spacial score (nSPS) is 18.9. The van der Waals surface area contributed by atoms with Gasteiger partial charge < -0.3 is 14.5 Å². The Kier molecular flexibility index (Phi) is 4.51. The van der Waals surface area contributed by atoms with E-state index < -0.39 is 0 Å². The fourth-order valence-corrected chi connectivity index (χ4v) is 3.31. The number of nitrogens with one attached hydrogen (secondary N) is 1. The summed E-state index contributed by atoms with van der Waals surface area (Å²) in [6.07, 6.45) is 3.68. The lowest BCUT2D eigenvalue weighted by molar-refractivity contribution is 0.255. The predicted octanol–water partition coefficient (Wildman–Crippen LogP) is 4.54. The minimum Gasteiger partial charge on any atom is -0.493 e. The van der Waals surface area contributed by atoms with Crippen molar-refractivity contribution in [1.29, 1.82) is 0 Å². The van der Waals surface area contributed by atoms with Gasteiger partial charge in [-0.1, -0.05) is 25.1 Å². The van der Waals surface area contributed by atoms with Gasteiger partial charge in [0, 0.05) is 11.6 Å². The van der Waals surface area contributed by atoms with Crippen LogP contribution in [-0.2, 0) is 0 Å². The predicted molar refractivity (Wildman–Crippen MR) is 84.0 cm³/mol. The third-order valence-electron chi connectivity index (χ3n) is 4.07. The number of para-hydroxylation sites is 1. The van der Waals surface area contributed by atoms with Crippen LogP contribution in [0.2, 0.25) is 5.22 Å². The van der Waals surface area contributed by atoms with Crippen LogP contribution >= 0.6 is 11.6 Å². The SMILES string of the molecule is CCNC(CC1CCOc2ccccc21)c1ccoc1Cl. The lowest BCUT2D eigenvalue weighted by Crippen LogP contribution is -2.25. The van der Waals surface area contributed by atoms with E-state index in [4.69, 9.17) is 20.8 Å². The molecule has 112 valence electrons. The number of rotatable bonds is 5. The quantitative estimate of drug-likeness (QED) is 0.880. The molecule has 0 spiro atoms. The Bertz CT molecular complexity index is 596. The van der Waals surface area contributed by atoms with Crippen molar-refractivity contribution in [2.45, 2.75) is 31.7 Å². The molecule has 1 aliphatic rings. The zero-order valence-corrected chi connectivity index (χ0v) is 12.9. The van der Waals surface area contributed by atoms with E-state index in [1.165, 1.54) is 5.56 Å². The number of hydrogen-bond acceptors (Lipinski definition) is 3. The van der Waals surface area contributed by atoms with Gasteiger partial charge in [0.1, 0.15) is 5.75 Å². The topological polar surface area (TPSA) is 34.4 Å². The van der Waals surface area contributed by atoms with E-state index in [1.54, 1.807) is 6.26 Å². The van der Waals surface area contributed by atoms with Gasteiger partial charge in [-0.3, -0.25) is 0 Å². The van der Waals surface area contributed by atoms with Crippen LogP contribution in [0, 0.1) is 0 Å². The van der Waals surface area contributed by atoms with Crippen molar-refractivity contribution in [1.82, 2.24) is 5.32 Å². The smallest absolute Gasteiger partial charge is 0.197 e. The highest BCUT2D eigenvalue weighted by Crippen LogP contribution is 2.40. The first-order chi connectivity index (χ1) is 10.3. The fourth-order valence-electron chi connectivity index (χ4n) is 3.07. The van der Waals surface area contributed by atoms with E-state index in [1.807, 2.05) is 12.1 Å². The molecule has 0 saturated heterocycles. The molecule has 3 rings (SSSR count). The molecule has 1 aliphatic heterocycles. The molecule has 0 bridgehead atoms. The number of fused-ring (bicyclic) bond motifs is 1. The molecule has 1 N–H and O–H groups in total. The monoisotopic (exact) mass is 305 g/mol. The van der Waals surface area contributed by atoms with Crippen LogP contribution in [0.15, 0.2) is 41.0 Å². The molecule has 21 heavy (non-hydrogen) atoms. The van der Waals surface area contributed by atoms with Gasteiger partial charge >= 0.3 is 0 Å². The van der Waals surface area contributed by atoms with Crippen LogP contribution in [0.4, 0.5) is 0 Å². The van der Waals surface area contributed by atoms with Gasteiger partial charge in [-0.05, 0) is 54.6 Å². The second-order valence-electron chi connectivity index (χ2n) is 5.37. The maximum absolute atomic E-state index is 6.16. The summed E-state index contributed by atoms with van der Waals surface area (Å²) in [4.78, 5) is 0. The van der Waals surface area contributed by atoms with Crippen molar-refractivity contribution < 1.29 is 9.15 Å². The summed E-state index contributed by atoms with van der Waals surface area (Å²) in [5.41, 5.74) is 2.34. The third-order valence-corrected chi connectivity index (χ3v) is 4.38. The Morgan fingerprint density at radius 1 is 1.33 bits per heavy atom. The van der Waals surface area contributed by atoms with Crippen molar-refractivity contribution in [2.75, 3.05) is 13.2 Å². The molecule has 2 heterocycles. The number of ether oxygens (including phenoxy) is 1. The van der Waals surface area contributed by atoms with Crippen molar-refractivity contribution in [2.24, 2.45) is 0 Å². The molecule has 2 aromatic rings. The molecule has 4 heteroatoms. The van der Waals surface area contributed by atoms with Crippen LogP contribution in [0.1, 0.15) is 42.9 Å². The summed E-state index contributed by atoms with van der Waals surface area (Å²) in [6.45, 7) is 3.79. The molecule has 0 aliphatic carbocycles. The van der Waals surface area contributed by atoms with Crippen LogP contribution in [0.5, 0.6) is 5.75 Å². The highest BCUT2D eigenvalue weighted by atomic mass is 35.5. The Morgan fingerprint density at radius 2 is 2.19 bits per heavy atom. The summed E-state index contributed by atoms with van der Waals surface area (Å²) in [6, 6.07) is 10.5. The molecule has 1 aromatic heterocycles. The van der Waals surface area contributed by atoms with Crippen molar-refractivity contribution >= 4 is 11.6 Å². The summed E-state index contributed by atoms with van der Waals surface area (Å²) in [5.74, 6) is 1.49. The van der Waals surface area contributed by atoms with Gasteiger partial charge in [-0.15, -0.1) is 0 Å². The van der Waals surface area contributed by atoms with Crippen LogP contribution in [0.25, 0.3) is 0 Å². The molecule has 0 saturated carbocycles. The first-order valence-electron chi connectivity index (χ1n) is 7.47. The van der Waals surface area contributed by atoms with E-state index in [-0.39, 0.29) is 6.04 Å². The first kappa shape index (κ1) is 14.5. The largest absolute Gasteiger partial charge is 0.493 e. The van der Waals surface area contributed by atoms with Gasteiger partial charge in [0.15, 0.2) is 5.22 Å². The molecule has 0 radical (unpaired) electrons. The molecular formula is C17H20ClNO2. The highest BCUT2D eigenvalue weighted by Gasteiger charge is 2.26. The van der Waals surface area contributed by atoms with Gasteiger partial charge in [0.2, 0.25) is 0 Å². The Hall–Kier alpha value is -1.45. The molecule has 0 fully saturated rings. The summed E-state index contributed by atoms with van der Waals surface area (Å²) >= 11 is 6.16. The maximum atomic E-state index is 6.16. The second kappa shape index (κ2) is 6.54. The van der Waals surface area contributed by atoms with Gasteiger partial charge in [-0.25, -0.2) is 0 Å². The van der Waals surface area contributed by atoms with Crippen molar-refractivity contribution in [3.05, 3.63) is 52.9 Å². The van der Waals surface area contributed by atoms with Crippen molar-refractivity contribution in [3.8, 4) is 5.75 Å². The average Bonchev–Trinajstić information content (AvgIpc) is 2.93. The number of benzene rings is 1. The summed E-state index contributed by atoms with van der Waals surface area (Å²) in [7, 11) is 0. The van der Waals surface area contributed by atoms with Crippen LogP contribution in [0.3, 0.4) is 0 Å². The fraction of sp³-hybridized carbons (Fsp3) is 0.412. The average molecular weight is 306 g/mol. The maximum Gasteiger partial charge on any atom is 0.197 e. The molecule has 3 nitrogen and oxygen atoms in total. The van der Waals surface area contributed by atoms with Gasteiger partial charge in [-0.2, -0.15) is 0 Å². The minimum atomic E-state index is 0.206. The summed E-state index contributed by atoms with van der Waals surface area (Å²) < 4.78 is 11.0. The second-order valence-corrected chi connectivity index (χ2v) is 5.71. The first-order valence-corrected chi connectivity index (χ1v) is 7.85. The highest BCUT2D eigenvalue weighted by molar-refractivity contribution is 6.29. The summed E-state index contributed by atoms with van der Waals surface area (Å²) in [5, 5.41) is 4.01. The van der Waals surface area contributed by atoms with E-state index in [0.717, 1.165) is 37.3 Å². The molecular weight excluding hydrogens is 286 g/mol. The van der Waals surface area contributed by atoms with E-state index >= 15 is 0 Å². The van der Waals surface area contributed by atoms with E-state index in [9.17, 15) is 0 Å². The third kappa shape index (κ3) is 3.09.